The van der Waals surface area contributed by atoms with E-state index in [1.54, 1.807) is 0 Å². The first-order chi connectivity index (χ1) is 6.77. The fourth-order valence-corrected chi connectivity index (χ4v) is 1.34. The van der Waals surface area contributed by atoms with Crippen LogP contribution in [0, 0.1) is 0 Å². The van der Waals surface area contributed by atoms with Crippen molar-refractivity contribution in [1.82, 2.24) is 0 Å². The summed E-state index contributed by atoms with van der Waals surface area (Å²) in [5.41, 5.74) is 2.98. The summed E-state index contributed by atoms with van der Waals surface area (Å²) in [6.45, 7) is 7.45. The van der Waals surface area contributed by atoms with Crippen LogP contribution < -0.4 is 0 Å². The van der Waals surface area contributed by atoms with E-state index in [-0.39, 0.29) is 0 Å². The molecular formula is C13H20O. The van der Waals surface area contributed by atoms with E-state index in [1.165, 1.54) is 11.1 Å². The number of aryl methyl sites for hydroxylation is 2. The van der Waals surface area contributed by atoms with Gasteiger partial charge in [0.25, 0.3) is 0 Å². The summed E-state index contributed by atoms with van der Waals surface area (Å²) in [4.78, 5) is 0. The highest BCUT2D eigenvalue weighted by atomic mass is 16.6. The van der Waals surface area contributed by atoms with E-state index in [0.717, 1.165) is 19.4 Å². The smallest absolute Gasteiger partial charge is 0.0781 e. The topological polar surface area (TPSA) is 12.5 Å². The van der Waals surface area contributed by atoms with Crippen LogP contribution in [0.3, 0.4) is 0 Å². The van der Waals surface area contributed by atoms with Crippen molar-refractivity contribution in [2.75, 3.05) is 6.61 Å². The fraction of sp³-hybridized carbons (Fsp3) is 0.538. The maximum Gasteiger partial charge on any atom is 0.0781 e. The first-order valence-electron chi connectivity index (χ1n) is 5.46. The van der Waals surface area contributed by atoms with Gasteiger partial charge in [-0.25, -0.2) is 0 Å². The van der Waals surface area contributed by atoms with Crippen LogP contribution in [-0.4, -0.2) is 12.7 Å². The Bertz CT molecular complexity index is 241. The average Bonchev–Trinajstić information content (AvgIpc) is 3.01. The summed E-state index contributed by atoms with van der Waals surface area (Å²) in [6, 6.07) is 8.63. The Morgan fingerprint density at radius 3 is 1.71 bits per heavy atom. The van der Waals surface area contributed by atoms with Crippen molar-refractivity contribution >= 4 is 0 Å². The van der Waals surface area contributed by atoms with Crippen molar-refractivity contribution in [3.05, 3.63) is 35.4 Å². The summed E-state index contributed by atoms with van der Waals surface area (Å²) in [5.74, 6) is 0. The van der Waals surface area contributed by atoms with E-state index >= 15 is 0 Å². The summed E-state index contributed by atoms with van der Waals surface area (Å²) < 4.78 is 4.71. The number of ether oxygens (including phenoxy) is 1. The van der Waals surface area contributed by atoms with Gasteiger partial charge >= 0.3 is 0 Å². The van der Waals surface area contributed by atoms with Crippen LogP contribution in [0.2, 0.25) is 0 Å². The SMILES string of the molecule is CC1CO1.CCc1ccccc1CC. The van der Waals surface area contributed by atoms with Crippen molar-refractivity contribution in [3.8, 4) is 0 Å². The summed E-state index contributed by atoms with van der Waals surface area (Å²) in [5, 5.41) is 0. The minimum absolute atomic E-state index is 0.583. The van der Waals surface area contributed by atoms with Crippen LogP contribution in [0.1, 0.15) is 31.9 Å². The number of hydrogen-bond acceptors (Lipinski definition) is 1. The molecule has 1 saturated heterocycles. The lowest BCUT2D eigenvalue weighted by Crippen LogP contribution is -1.88. The van der Waals surface area contributed by atoms with Gasteiger partial charge in [-0.2, -0.15) is 0 Å². The largest absolute Gasteiger partial charge is 0.373 e. The van der Waals surface area contributed by atoms with Gasteiger partial charge < -0.3 is 4.74 Å². The predicted molar refractivity (Wildman–Crippen MR) is 60.6 cm³/mol. The molecule has 1 aliphatic heterocycles. The number of hydrogen-bond donors (Lipinski definition) is 0. The molecule has 78 valence electrons. The van der Waals surface area contributed by atoms with Gasteiger partial charge in [-0.3, -0.25) is 0 Å². The highest BCUT2D eigenvalue weighted by Gasteiger charge is 2.13. The molecule has 0 aliphatic carbocycles. The Kier molecular flexibility index (Phi) is 4.68. The molecule has 0 saturated carbocycles. The third kappa shape index (κ3) is 3.93. The van der Waals surface area contributed by atoms with E-state index < -0.39 is 0 Å². The second-order valence-electron chi connectivity index (χ2n) is 3.62. The van der Waals surface area contributed by atoms with E-state index in [2.05, 4.69) is 45.0 Å². The molecule has 0 aromatic heterocycles. The molecule has 1 atom stereocenters. The molecule has 2 rings (SSSR count). The van der Waals surface area contributed by atoms with Crippen LogP contribution in [0.15, 0.2) is 24.3 Å². The fourth-order valence-electron chi connectivity index (χ4n) is 1.34. The molecule has 0 bridgehead atoms. The molecule has 1 aliphatic rings. The van der Waals surface area contributed by atoms with Crippen LogP contribution >= 0.6 is 0 Å². The van der Waals surface area contributed by atoms with Crippen LogP contribution in [0.5, 0.6) is 0 Å². The molecule has 1 unspecified atom stereocenters. The van der Waals surface area contributed by atoms with E-state index in [1.807, 2.05) is 0 Å². The minimum atomic E-state index is 0.583. The lowest BCUT2D eigenvalue weighted by atomic mass is 10.0. The molecular weight excluding hydrogens is 172 g/mol. The normalized spacial score (nSPS) is 18.4. The molecule has 1 aromatic rings. The average molecular weight is 192 g/mol. The van der Waals surface area contributed by atoms with Gasteiger partial charge in [-0.15, -0.1) is 0 Å². The highest BCUT2D eigenvalue weighted by Crippen LogP contribution is 2.08. The quantitative estimate of drug-likeness (QED) is 0.655. The van der Waals surface area contributed by atoms with Crippen molar-refractivity contribution in [1.29, 1.82) is 0 Å². The van der Waals surface area contributed by atoms with Crippen molar-refractivity contribution in [2.24, 2.45) is 0 Å². The monoisotopic (exact) mass is 192 g/mol. The third-order valence-corrected chi connectivity index (χ3v) is 2.38. The van der Waals surface area contributed by atoms with Gasteiger partial charge in [0.1, 0.15) is 0 Å². The maximum absolute atomic E-state index is 4.71. The lowest BCUT2D eigenvalue weighted by molar-refractivity contribution is 0.423. The van der Waals surface area contributed by atoms with Gasteiger partial charge in [0.2, 0.25) is 0 Å². The number of benzene rings is 1. The predicted octanol–water partition coefficient (Wildman–Crippen LogP) is 3.22. The van der Waals surface area contributed by atoms with Gasteiger partial charge in [0, 0.05) is 0 Å². The lowest BCUT2D eigenvalue weighted by Gasteiger charge is -2.02. The van der Waals surface area contributed by atoms with E-state index in [0.29, 0.717) is 6.10 Å². The number of rotatable bonds is 2. The van der Waals surface area contributed by atoms with Crippen LogP contribution in [-0.2, 0) is 17.6 Å². The minimum Gasteiger partial charge on any atom is -0.373 e. The molecule has 0 radical (unpaired) electrons. The molecule has 1 fully saturated rings. The van der Waals surface area contributed by atoms with Gasteiger partial charge in [0.15, 0.2) is 0 Å². The Balaban J connectivity index is 0.000000203. The Morgan fingerprint density at radius 2 is 1.50 bits per heavy atom. The van der Waals surface area contributed by atoms with Crippen molar-refractivity contribution in [2.45, 2.75) is 39.7 Å². The number of epoxide rings is 1. The Labute approximate surface area is 87.1 Å². The molecule has 0 spiro atoms. The second-order valence-corrected chi connectivity index (χ2v) is 3.62. The molecule has 1 heterocycles. The van der Waals surface area contributed by atoms with Crippen LogP contribution in [0.4, 0.5) is 0 Å². The standard InChI is InChI=1S/C10H14.C3H6O/c1-3-9-7-5-6-8-10(9)4-2;1-3-2-4-3/h5-8H,3-4H2,1-2H3;3H,2H2,1H3. The Morgan fingerprint density at radius 1 is 1.14 bits per heavy atom. The van der Waals surface area contributed by atoms with E-state index in [4.69, 9.17) is 4.74 Å². The Hall–Kier alpha value is -0.820. The van der Waals surface area contributed by atoms with Gasteiger partial charge in [-0.1, -0.05) is 38.1 Å². The van der Waals surface area contributed by atoms with Gasteiger partial charge in [-0.05, 0) is 30.9 Å². The highest BCUT2D eigenvalue weighted by molar-refractivity contribution is 5.26. The summed E-state index contributed by atoms with van der Waals surface area (Å²) in [7, 11) is 0. The first kappa shape index (κ1) is 11.3. The second kappa shape index (κ2) is 5.82. The van der Waals surface area contributed by atoms with Crippen LogP contribution in [0.25, 0.3) is 0 Å². The molecule has 1 nitrogen and oxygen atoms in total. The summed E-state index contributed by atoms with van der Waals surface area (Å²) >= 11 is 0. The van der Waals surface area contributed by atoms with Crippen molar-refractivity contribution in [3.63, 3.8) is 0 Å². The van der Waals surface area contributed by atoms with E-state index in [9.17, 15) is 0 Å². The third-order valence-electron chi connectivity index (χ3n) is 2.38. The molecule has 0 amide bonds. The zero-order chi connectivity index (χ0) is 10.4. The zero-order valence-corrected chi connectivity index (χ0v) is 9.42. The maximum atomic E-state index is 4.71. The molecule has 1 aromatic carbocycles. The summed E-state index contributed by atoms with van der Waals surface area (Å²) in [6.07, 6.45) is 2.90. The first-order valence-corrected chi connectivity index (χ1v) is 5.46. The molecule has 14 heavy (non-hydrogen) atoms. The van der Waals surface area contributed by atoms with Gasteiger partial charge in [0.05, 0.1) is 12.7 Å². The molecule has 0 N–H and O–H groups in total. The zero-order valence-electron chi connectivity index (χ0n) is 9.42. The molecule has 1 heteroatoms. The van der Waals surface area contributed by atoms with Crippen molar-refractivity contribution < 1.29 is 4.74 Å².